The summed E-state index contributed by atoms with van der Waals surface area (Å²) < 4.78 is 22.6. The lowest BCUT2D eigenvalue weighted by Crippen LogP contribution is -2.31. The summed E-state index contributed by atoms with van der Waals surface area (Å²) >= 11 is 0. The molecule has 0 aliphatic heterocycles. The summed E-state index contributed by atoms with van der Waals surface area (Å²) in [5.41, 5.74) is 5.17. The van der Waals surface area contributed by atoms with E-state index < -0.39 is 10.2 Å². The number of nitrogens with one attached hydrogen (secondary N) is 1. The van der Waals surface area contributed by atoms with E-state index in [2.05, 4.69) is 9.86 Å². The van der Waals surface area contributed by atoms with Gasteiger partial charge in [-0.2, -0.15) is 8.42 Å². The van der Waals surface area contributed by atoms with E-state index in [-0.39, 0.29) is 0 Å². The largest absolute Gasteiger partial charge is 0.330 e. The molecule has 0 bridgehead atoms. The molecule has 5 nitrogen and oxygen atoms in total. The van der Waals surface area contributed by atoms with E-state index in [9.17, 15) is 8.42 Å². The Balaban J connectivity index is 3.21. The summed E-state index contributed by atoms with van der Waals surface area (Å²) in [4.78, 5) is 0. The topological polar surface area (TPSA) is 98.2 Å². The SMILES string of the molecule is NCCCCNS(N)(=O)=O. The van der Waals surface area contributed by atoms with Crippen LogP contribution in [0.3, 0.4) is 0 Å². The molecule has 5 N–H and O–H groups in total. The second-order valence-electron chi connectivity index (χ2n) is 1.94. The van der Waals surface area contributed by atoms with E-state index in [0.717, 1.165) is 12.8 Å². The molecule has 0 spiro atoms. The summed E-state index contributed by atoms with van der Waals surface area (Å²) in [6.45, 7) is 0.947. The van der Waals surface area contributed by atoms with Gasteiger partial charge in [-0.3, -0.25) is 0 Å². The van der Waals surface area contributed by atoms with Gasteiger partial charge in [0.15, 0.2) is 0 Å². The van der Waals surface area contributed by atoms with Gasteiger partial charge in [0.25, 0.3) is 10.2 Å². The molecule has 62 valence electrons. The minimum atomic E-state index is -3.50. The van der Waals surface area contributed by atoms with E-state index in [1.54, 1.807) is 0 Å². The Morgan fingerprint density at radius 3 is 2.30 bits per heavy atom. The zero-order valence-electron chi connectivity index (χ0n) is 5.71. The standard InChI is InChI=1S/C4H13N3O2S/c5-3-1-2-4-7-10(6,8)9/h7H,1-5H2,(H2,6,8,9). The monoisotopic (exact) mass is 167 g/mol. The Morgan fingerprint density at radius 1 is 1.30 bits per heavy atom. The highest BCUT2D eigenvalue weighted by Gasteiger charge is 1.97. The molecule has 0 radical (unpaired) electrons. The van der Waals surface area contributed by atoms with Crippen LogP contribution in [0.5, 0.6) is 0 Å². The van der Waals surface area contributed by atoms with Gasteiger partial charge in [0.1, 0.15) is 0 Å². The van der Waals surface area contributed by atoms with Gasteiger partial charge < -0.3 is 5.73 Å². The van der Waals surface area contributed by atoms with Crippen molar-refractivity contribution < 1.29 is 8.42 Å². The average Bonchev–Trinajstić information content (AvgIpc) is 1.78. The van der Waals surface area contributed by atoms with Crippen LogP contribution < -0.4 is 15.6 Å². The molecule has 0 atom stereocenters. The van der Waals surface area contributed by atoms with Gasteiger partial charge in [-0.25, -0.2) is 9.86 Å². The third kappa shape index (κ3) is 7.83. The predicted octanol–water partition coefficient (Wildman–Crippen LogP) is -1.48. The van der Waals surface area contributed by atoms with Crippen molar-refractivity contribution in [2.45, 2.75) is 12.8 Å². The van der Waals surface area contributed by atoms with Gasteiger partial charge in [0.05, 0.1) is 0 Å². The second-order valence-corrected chi connectivity index (χ2v) is 3.31. The summed E-state index contributed by atoms with van der Waals surface area (Å²) in [7, 11) is -3.50. The molecule has 0 rings (SSSR count). The first-order chi connectivity index (χ1) is 4.56. The molecule has 0 aromatic carbocycles. The van der Waals surface area contributed by atoms with Crippen molar-refractivity contribution in [1.29, 1.82) is 0 Å². The number of unbranched alkanes of at least 4 members (excludes halogenated alkanes) is 1. The molecular weight excluding hydrogens is 154 g/mol. The van der Waals surface area contributed by atoms with Gasteiger partial charge in [-0.05, 0) is 19.4 Å². The molecule has 0 saturated heterocycles. The Bertz CT molecular complexity index is 165. The molecule has 0 unspecified atom stereocenters. The fourth-order valence-corrected chi connectivity index (χ4v) is 0.913. The van der Waals surface area contributed by atoms with E-state index >= 15 is 0 Å². The number of nitrogens with two attached hydrogens (primary N) is 2. The predicted molar refractivity (Wildman–Crippen MR) is 39.4 cm³/mol. The molecule has 0 aliphatic carbocycles. The van der Waals surface area contributed by atoms with Crippen LogP contribution in [0.25, 0.3) is 0 Å². The van der Waals surface area contributed by atoms with Gasteiger partial charge in [-0.1, -0.05) is 0 Å². The van der Waals surface area contributed by atoms with Crippen molar-refractivity contribution in [3.63, 3.8) is 0 Å². The summed E-state index contributed by atoms with van der Waals surface area (Å²) in [6, 6.07) is 0. The summed E-state index contributed by atoms with van der Waals surface area (Å²) in [5.74, 6) is 0. The molecule has 10 heavy (non-hydrogen) atoms. The molecular formula is C4H13N3O2S. The van der Waals surface area contributed by atoms with Crippen LogP contribution >= 0.6 is 0 Å². The number of hydrogen-bond donors (Lipinski definition) is 3. The van der Waals surface area contributed by atoms with Gasteiger partial charge in [0, 0.05) is 6.54 Å². The molecule has 0 amide bonds. The third-order valence-electron chi connectivity index (χ3n) is 0.934. The highest BCUT2D eigenvalue weighted by atomic mass is 32.2. The molecule has 0 saturated carbocycles. The Labute approximate surface area is 61.0 Å². The molecule has 0 aromatic rings. The van der Waals surface area contributed by atoms with E-state index in [1.165, 1.54) is 0 Å². The smallest absolute Gasteiger partial charge is 0.274 e. The van der Waals surface area contributed by atoms with Gasteiger partial charge in [-0.15, -0.1) is 0 Å². The normalized spacial score (nSPS) is 11.8. The zero-order chi connectivity index (χ0) is 8.04. The maximum atomic E-state index is 10.2. The Kier molecular flexibility index (Phi) is 4.54. The maximum absolute atomic E-state index is 10.2. The van der Waals surface area contributed by atoms with Crippen LogP contribution in [0, 0.1) is 0 Å². The molecule has 0 aromatic heterocycles. The molecule has 0 aliphatic rings. The highest BCUT2D eigenvalue weighted by molar-refractivity contribution is 7.87. The van der Waals surface area contributed by atoms with Crippen molar-refractivity contribution in [2.24, 2.45) is 10.9 Å². The van der Waals surface area contributed by atoms with E-state index in [1.807, 2.05) is 0 Å². The van der Waals surface area contributed by atoms with E-state index in [4.69, 9.17) is 5.73 Å². The lowest BCUT2D eigenvalue weighted by Gasteiger charge is -1.98. The van der Waals surface area contributed by atoms with Crippen molar-refractivity contribution >= 4 is 10.2 Å². The Hall–Kier alpha value is -0.170. The lowest BCUT2D eigenvalue weighted by atomic mass is 10.3. The van der Waals surface area contributed by atoms with Crippen LogP contribution in [-0.4, -0.2) is 21.5 Å². The molecule has 6 heteroatoms. The summed E-state index contributed by atoms with van der Waals surface area (Å²) in [6.07, 6.45) is 1.54. The van der Waals surface area contributed by atoms with Crippen molar-refractivity contribution in [3.05, 3.63) is 0 Å². The fourth-order valence-electron chi connectivity index (χ4n) is 0.484. The van der Waals surface area contributed by atoms with Crippen molar-refractivity contribution in [2.75, 3.05) is 13.1 Å². The first-order valence-electron chi connectivity index (χ1n) is 3.03. The third-order valence-corrected chi connectivity index (χ3v) is 1.54. The minimum absolute atomic E-state index is 0.371. The van der Waals surface area contributed by atoms with E-state index in [0.29, 0.717) is 13.1 Å². The Morgan fingerprint density at radius 2 is 1.90 bits per heavy atom. The zero-order valence-corrected chi connectivity index (χ0v) is 6.52. The maximum Gasteiger partial charge on any atom is 0.274 e. The van der Waals surface area contributed by atoms with Crippen LogP contribution in [0.2, 0.25) is 0 Å². The molecule has 0 fully saturated rings. The van der Waals surface area contributed by atoms with Crippen molar-refractivity contribution in [1.82, 2.24) is 4.72 Å². The fraction of sp³-hybridized carbons (Fsp3) is 1.00. The van der Waals surface area contributed by atoms with Crippen LogP contribution in [-0.2, 0) is 10.2 Å². The average molecular weight is 167 g/mol. The van der Waals surface area contributed by atoms with Gasteiger partial charge >= 0.3 is 0 Å². The first-order valence-corrected chi connectivity index (χ1v) is 4.58. The second kappa shape index (κ2) is 4.62. The van der Waals surface area contributed by atoms with Crippen LogP contribution in [0.15, 0.2) is 0 Å². The quantitative estimate of drug-likeness (QED) is 0.435. The van der Waals surface area contributed by atoms with Gasteiger partial charge in [0.2, 0.25) is 0 Å². The number of rotatable bonds is 5. The van der Waals surface area contributed by atoms with Crippen LogP contribution in [0.1, 0.15) is 12.8 Å². The summed E-state index contributed by atoms with van der Waals surface area (Å²) in [5, 5.41) is 4.65. The molecule has 0 heterocycles. The van der Waals surface area contributed by atoms with Crippen molar-refractivity contribution in [3.8, 4) is 0 Å². The minimum Gasteiger partial charge on any atom is -0.330 e. The van der Waals surface area contributed by atoms with Crippen LogP contribution in [0.4, 0.5) is 0 Å². The highest BCUT2D eigenvalue weighted by Crippen LogP contribution is 1.82. The number of hydrogen-bond acceptors (Lipinski definition) is 3. The lowest BCUT2D eigenvalue weighted by molar-refractivity contribution is 0.579. The first kappa shape index (κ1) is 9.83.